The second-order valence-corrected chi connectivity index (χ2v) is 9.47. The summed E-state index contributed by atoms with van der Waals surface area (Å²) in [5, 5.41) is 15.0. The lowest BCUT2D eigenvalue weighted by molar-refractivity contribution is 0.492. The van der Waals surface area contributed by atoms with Crippen LogP contribution in [0.25, 0.3) is 10.2 Å². The summed E-state index contributed by atoms with van der Waals surface area (Å²) in [4.78, 5) is 20.9. The first-order valence-corrected chi connectivity index (χ1v) is 12.3. The summed E-state index contributed by atoms with van der Waals surface area (Å²) in [6, 6.07) is 19.8. The molecule has 0 amide bonds. The van der Waals surface area contributed by atoms with Crippen LogP contribution in [-0.2, 0) is 13.1 Å². The van der Waals surface area contributed by atoms with E-state index in [9.17, 15) is 10.1 Å². The van der Waals surface area contributed by atoms with E-state index in [4.69, 9.17) is 10.7 Å². The fraction of sp³-hybridized carbons (Fsp3) is 0.269. The minimum atomic E-state index is -0.0929. The topological polar surface area (TPSA) is 100.0 Å². The SMILES string of the molecule is N#Cc1ccccc1Cn1c(N2CCCC(N)C2)nc2c(NCc3ccccc3)csc2c1=O. The Morgan fingerprint density at radius 3 is 2.76 bits per heavy atom. The summed E-state index contributed by atoms with van der Waals surface area (Å²) in [6.07, 6.45) is 1.91. The first-order valence-electron chi connectivity index (χ1n) is 11.4. The molecule has 1 fully saturated rings. The van der Waals surface area contributed by atoms with Crippen molar-refractivity contribution in [2.75, 3.05) is 23.3 Å². The summed E-state index contributed by atoms with van der Waals surface area (Å²) >= 11 is 1.40. The lowest BCUT2D eigenvalue weighted by Gasteiger charge is -2.33. The average molecular weight is 471 g/mol. The monoisotopic (exact) mass is 470 g/mol. The summed E-state index contributed by atoms with van der Waals surface area (Å²) < 4.78 is 2.31. The van der Waals surface area contributed by atoms with E-state index in [1.54, 1.807) is 10.6 Å². The Hall–Kier alpha value is -3.67. The van der Waals surface area contributed by atoms with Crippen LogP contribution in [0.5, 0.6) is 0 Å². The molecule has 0 aliphatic carbocycles. The maximum atomic E-state index is 13.7. The van der Waals surface area contributed by atoms with Gasteiger partial charge in [-0.15, -0.1) is 11.3 Å². The highest BCUT2D eigenvalue weighted by molar-refractivity contribution is 7.17. The number of nitriles is 1. The van der Waals surface area contributed by atoms with Crippen LogP contribution in [0.3, 0.4) is 0 Å². The molecule has 34 heavy (non-hydrogen) atoms. The number of nitrogens with one attached hydrogen (secondary N) is 1. The van der Waals surface area contributed by atoms with Gasteiger partial charge in [-0.1, -0.05) is 48.5 Å². The minimum absolute atomic E-state index is 0.0411. The molecule has 5 rings (SSSR count). The summed E-state index contributed by atoms with van der Waals surface area (Å²) in [6.45, 7) is 2.38. The molecule has 1 aliphatic rings. The second kappa shape index (κ2) is 9.67. The van der Waals surface area contributed by atoms with Crippen molar-refractivity contribution < 1.29 is 0 Å². The zero-order valence-electron chi connectivity index (χ0n) is 18.8. The zero-order chi connectivity index (χ0) is 23.5. The van der Waals surface area contributed by atoms with Gasteiger partial charge < -0.3 is 16.0 Å². The quantitative estimate of drug-likeness (QED) is 0.443. The van der Waals surface area contributed by atoms with E-state index in [0.717, 1.165) is 36.2 Å². The summed E-state index contributed by atoms with van der Waals surface area (Å²) in [5.41, 5.74) is 10.2. The molecule has 0 radical (unpaired) electrons. The van der Waals surface area contributed by atoms with Gasteiger partial charge in [0.1, 0.15) is 10.2 Å². The number of nitrogens with zero attached hydrogens (tertiary/aromatic N) is 4. The molecule has 2 aromatic heterocycles. The number of benzene rings is 2. The standard InChI is InChI=1S/C26H26N6OS/c27-13-19-9-4-5-10-20(19)15-32-25(33)24-23(30-26(32)31-12-6-11-21(28)16-31)22(17-34-24)29-14-18-7-2-1-3-8-18/h1-5,7-10,17,21,29H,6,11-12,14-16,28H2. The maximum Gasteiger partial charge on any atom is 0.273 e. The summed E-state index contributed by atoms with van der Waals surface area (Å²) in [5.74, 6) is 0.613. The normalized spacial score (nSPS) is 15.9. The van der Waals surface area contributed by atoms with Crippen molar-refractivity contribution >= 4 is 33.2 Å². The Morgan fingerprint density at radius 2 is 1.97 bits per heavy atom. The van der Waals surface area contributed by atoms with E-state index >= 15 is 0 Å². The third kappa shape index (κ3) is 4.40. The van der Waals surface area contributed by atoms with Gasteiger partial charge in [0.15, 0.2) is 0 Å². The van der Waals surface area contributed by atoms with E-state index in [1.165, 1.54) is 11.3 Å². The molecule has 1 saturated heterocycles. The Kier molecular flexibility index (Phi) is 6.30. The molecule has 8 heteroatoms. The molecule has 3 heterocycles. The van der Waals surface area contributed by atoms with Crippen molar-refractivity contribution in [2.24, 2.45) is 5.73 Å². The molecular formula is C26H26N6OS. The van der Waals surface area contributed by atoms with Crippen molar-refractivity contribution in [2.45, 2.75) is 32.0 Å². The van der Waals surface area contributed by atoms with Crippen LogP contribution in [0.2, 0.25) is 0 Å². The predicted octanol–water partition coefficient (Wildman–Crippen LogP) is 3.92. The lowest BCUT2D eigenvalue weighted by atomic mass is 10.1. The number of anilines is 2. The van der Waals surface area contributed by atoms with Crippen LogP contribution in [0, 0.1) is 11.3 Å². The zero-order valence-corrected chi connectivity index (χ0v) is 19.6. The second-order valence-electron chi connectivity index (χ2n) is 8.59. The fourth-order valence-corrected chi connectivity index (χ4v) is 5.33. The largest absolute Gasteiger partial charge is 0.379 e. The molecule has 1 aliphatic heterocycles. The van der Waals surface area contributed by atoms with Gasteiger partial charge in [-0.3, -0.25) is 9.36 Å². The third-order valence-corrected chi connectivity index (χ3v) is 7.15. The smallest absolute Gasteiger partial charge is 0.273 e. The molecule has 0 spiro atoms. The first kappa shape index (κ1) is 22.1. The van der Waals surface area contributed by atoms with Crippen molar-refractivity contribution in [3.8, 4) is 6.07 Å². The van der Waals surface area contributed by atoms with Gasteiger partial charge in [-0.05, 0) is 30.0 Å². The maximum absolute atomic E-state index is 13.7. The first-order chi connectivity index (χ1) is 16.6. The van der Waals surface area contributed by atoms with E-state index < -0.39 is 0 Å². The highest BCUT2D eigenvalue weighted by atomic mass is 32.1. The fourth-order valence-electron chi connectivity index (χ4n) is 4.42. The molecule has 1 unspecified atom stereocenters. The number of rotatable bonds is 6. The molecule has 4 aromatic rings. The Labute approximate surface area is 202 Å². The van der Waals surface area contributed by atoms with E-state index in [-0.39, 0.29) is 18.1 Å². The molecule has 2 aromatic carbocycles. The number of nitrogens with two attached hydrogens (primary N) is 1. The number of aromatic nitrogens is 2. The van der Waals surface area contributed by atoms with E-state index in [2.05, 4.69) is 28.4 Å². The van der Waals surface area contributed by atoms with Crippen molar-refractivity contribution in [3.05, 3.63) is 87.0 Å². The van der Waals surface area contributed by atoms with Crippen LogP contribution in [0.15, 0.2) is 64.8 Å². The molecule has 0 bridgehead atoms. The van der Waals surface area contributed by atoms with Gasteiger partial charge in [-0.25, -0.2) is 4.98 Å². The van der Waals surface area contributed by atoms with Crippen LogP contribution in [0.1, 0.15) is 29.5 Å². The molecule has 7 nitrogen and oxygen atoms in total. The number of piperidine rings is 1. The van der Waals surface area contributed by atoms with Gasteiger partial charge in [0.25, 0.3) is 5.56 Å². The number of hydrogen-bond acceptors (Lipinski definition) is 7. The number of fused-ring (bicyclic) bond motifs is 1. The van der Waals surface area contributed by atoms with Crippen LogP contribution < -0.4 is 21.5 Å². The lowest BCUT2D eigenvalue weighted by Crippen LogP contribution is -2.45. The molecule has 0 saturated carbocycles. The number of hydrogen-bond donors (Lipinski definition) is 2. The van der Waals surface area contributed by atoms with Gasteiger partial charge in [0, 0.05) is 31.1 Å². The Bertz CT molecular complexity index is 1400. The van der Waals surface area contributed by atoms with Crippen LogP contribution in [-0.4, -0.2) is 28.7 Å². The highest BCUT2D eigenvalue weighted by Gasteiger charge is 2.24. The highest BCUT2D eigenvalue weighted by Crippen LogP contribution is 2.30. The van der Waals surface area contributed by atoms with Crippen molar-refractivity contribution in [1.82, 2.24) is 9.55 Å². The van der Waals surface area contributed by atoms with Crippen molar-refractivity contribution in [1.29, 1.82) is 5.26 Å². The average Bonchev–Trinajstić information content (AvgIpc) is 3.28. The molecule has 172 valence electrons. The van der Waals surface area contributed by atoms with Crippen LogP contribution in [0.4, 0.5) is 11.6 Å². The van der Waals surface area contributed by atoms with Gasteiger partial charge in [0.05, 0.1) is 23.9 Å². The summed E-state index contributed by atoms with van der Waals surface area (Å²) in [7, 11) is 0. The van der Waals surface area contributed by atoms with Gasteiger partial charge in [-0.2, -0.15) is 5.26 Å². The van der Waals surface area contributed by atoms with Gasteiger partial charge >= 0.3 is 0 Å². The Morgan fingerprint density at radius 1 is 1.18 bits per heavy atom. The molecule has 1 atom stereocenters. The minimum Gasteiger partial charge on any atom is -0.379 e. The van der Waals surface area contributed by atoms with Crippen LogP contribution >= 0.6 is 11.3 Å². The van der Waals surface area contributed by atoms with E-state index in [0.29, 0.717) is 34.8 Å². The number of thiophene rings is 1. The molecular weight excluding hydrogens is 444 g/mol. The van der Waals surface area contributed by atoms with E-state index in [1.807, 2.05) is 41.8 Å². The molecule has 3 N–H and O–H groups in total. The Balaban J connectivity index is 1.58. The van der Waals surface area contributed by atoms with Crippen molar-refractivity contribution in [3.63, 3.8) is 0 Å². The predicted molar refractivity (Wildman–Crippen MR) is 137 cm³/mol. The third-order valence-electron chi connectivity index (χ3n) is 6.19. The van der Waals surface area contributed by atoms with Gasteiger partial charge in [0.2, 0.25) is 5.95 Å².